The second-order valence-electron chi connectivity index (χ2n) is 8.96. The highest BCUT2D eigenvalue weighted by atomic mass is 32.2. The molecule has 0 radical (unpaired) electrons. The number of thiophene rings is 1. The fraction of sp³-hybridized carbons (Fsp3) is 0.286. The van der Waals surface area contributed by atoms with Crippen molar-refractivity contribution in [2.24, 2.45) is 0 Å². The zero-order valence-electron chi connectivity index (χ0n) is 20.8. The number of amides is 2. The van der Waals surface area contributed by atoms with Crippen LogP contribution in [0.5, 0.6) is 0 Å². The molecule has 1 fully saturated rings. The van der Waals surface area contributed by atoms with E-state index in [2.05, 4.69) is 10.6 Å². The third kappa shape index (κ3) is 5.62. The average molecular weight is 566 g/mol. The molecule has 7 nitrogen and oxygen atoms in total. The van der Waals surface area contributed by atoms with Crippen molar-refractivity contribution in [2.45, 2.75) is 49.2 Å². The van der Waals surface area contributed by atoms with Crippen LogP contribution in [0.25, 0.3) is 0 Å². The molecule has 1 aromatic heterocycles. The Hall–Kier alpha value is -3.21. The number of imide groups is 1. The Morgan fingerprint density at radius 1 is 1.05 bits per heavy atom. The van der Waals surface area contributed by atoms with Gasteiger partial charge < -0.3 is 15.4 Å². The van der Waals surface area contributed by atoms with Crippen molar-refractivity contribution in [3.05, 3.63) is 70.6 Å². The number of carbonyl (C=O) groups excluding carboxylic acids is 3. The molecule has 0 bridgehead atoms. The largest absolute Gasteiger partial charge is 0.462 e. The van der Waals surface area contributed by atoms with Gasteiger partial charge in [0.2, 0.25) is 11.8 Å². The first kappa shape index (κ1) is 26.4. The van der Waals surface area contributed by atoms with Crippen LogP contribution in [-0.2, 0) is 27.2 Å². The first-order chi connectivity index (χ1) is 18.4. The van der Waals surface area contributed by atoms with Gasteiger partial charge >= 0.3 is 5.97 Å². The highest BCUT2D eigenvalue weighted by Crippen LogP contribution is 2.44. The Morgan fingerprint density at radius 3 is 2.45 bits per heavy atom. The summed E-state index contributed by atoms with van der Waals surface area (Å²) in [6.45, 7) is 1.99. The van der Waals surface area contributed by atoms with Crippen LogP contribution in [-0.4, -0.2) is 34.8 Å². The van der Waals surface area contributed by atoms with Crippen molar-refractivity contribution in [2.75, 3.05) is 22.1 Å². The van der Waals surface area contributed by atoms with Crippen LogP contribution >= 0.6 is 35.3 Å². The van der Waals surface area contributed by atoms with E-state index in [4.69, 9.17) is 17.0 Å². The fourth-order valence-corrected chi connectivity index (χ4v) is 7.32. The molecule has 0 saturated carbocycles. The van der Waals surface area contributed by atoms with Gasteiger partial charge in [-0.15, -0.1) is 23.1 Å². The summed E-state index contributed by atoms with van der Waals surface area (Å²) < 4.78 is 5.31. The van der Waals surface area contributed by atoms with Crippen LogP contribution in [0.3, 0.4) is 0 Å². The quantitative estimate of drug-likeness (QED) is 0.204. The standard InChI is InChI=1S/C28H27N3O4S3/c1-2-35-27(34)24-20-10-6-7-11-21(20)38-26(24)31-23(32)16-22(25(31)33)37-19-14-12-18(13-15-19)30-28(36)29-17-8-4-3-5-9-17/h3-5,8-9,12-15,22H,2,6-7,10-11,16H2,1H3,(H2,29,30,36). The van der Waals surface area contributed by atoms with Gasteiger partial charge in [0.25, 0.3) is 0 Å². The molecule has 3 aromatic rings. The number of rotatable bonds is 7. The van der Waals surface area contributed by atoms with E-state index >= 15 is 0 Å². The molecule has 0 spiro atoms. The zero-order chi connectivity index (χ0) is 26.6. The third-order valence-corrected chi connectivity index (χ3v) is 9.04. The van der Waals surface area contributed by atoms with E-state index in [1.807, 2.05) is 54.6 Å². The molecule has 5 rings (SSSR count). The fourth-order valence-electron chi connectivity index (χ4n) is 4.63. The number of thiocarbonyl (C=S) groups is 1. The van der Waals surface area contributed by atoms with Gasteiger partial charge in [-0.2, -0.15) is 0 Å². The predicted molar refractivity (Wildman–Crippen MR) is 156 cm³/mol. The zero-order valence-corrected chi connectivity index (χ0v) is 23.3. The predicted octanol–water partition coefficient (Wildman–Crippen LogP) is 6.04. The minimum atomic E-state index is -0.559. The number of thioether (sulfide) groups is 1. The molecule has 1 aliphatic heterocycles. The van der Waals surface area contributed by atoms with Crippen molar-refractivity contribution in [3.63, 3.8) is 0 Å². The van der Waals surface area contributed by atoms with Gasteiger partial charge in [-0.05, 0) is 86.8 Å². The summed E-state index contributed by atoms with van der Waals surface area (Å²) in [5, 5.41) is 6.61. The highest BCUT2D eigenvalue weighted by molar-refractivity contribution is 8.00. The first-order valence-corrected chi connectivity index (χ1v) is 14.6. The Bertz CT molecular complexity index is 1370. The van der Waals surface area contributed by atoms with Crippen molar-refractivity contribution in [1.82, 2.24) is 0 Å². The van der Waals surface area contributed by atoms with Crippen LogP contribution in [0.1, 0.15) is 47.0 Å². The molecule has 1 unspecified atom stereocenters. The summed E-state index contributed by atoms with van der Waals surface area (Å²) in [6, 6.07) is 17.2. The van der Waals surface area contributed by atoms with Gasteiger partial charge in [0.1, 0.15) is 5.00 Å². The van der Waals surface area contributed by atoms with Crippen LogP contribution in [0, 0.1) is 0 Å². The smallest absolute Gasteiger partial charge is 0.341 e. The number of hydrogen-bond acceptors (Lipinski definition) is 7. The lowest BCUT2D eigenvalue weighted by atomic mass is 9.95. The van der Waals surface area contributed by atoms with E-state index in [1.54, 1.807) is 6.92 Å². The lowest BCUT2D eigenvalue weighted by Crippen LogP contribution is -2.32. The highest BCUT2D eigenvalue weighted by Gasteiger charge is 2.43. The molecule has 1 aliphatic carbocycles. The second kappa shape index (κ2) is 11.7. The van der Waals surface area contributed by atoms with Gasteiger partial charge in [-0.3, -0.25) is 9.59 Å². The number of fused-ring (bicyclic) bond motifs is 1. The van der Waals surface area contributed by atoms with Gasteiger partial charge in [-0.1, -0.05) is 18.2 Å². The van der Waals surface area contributed by atoms with E-state index < -0.39 is 11.2 Å². The Balaban J connectivity index is 1.28. The summed E-state index contributed by atoms with van der Waals surface area (Å²) in [4.78, 5) is 42.5. The Labute approximate surface area is 234 Å². The topological polar surface area (TPSA) is 87.7 Å². The van der Waals surface area contributed by atoms with Crippen LogP contribution < -0.4 is 15.5 Å². The molecule has 196 valence electrons. The maximum atomic E-state index is 13.5. The van der Waals surface area contributed by atoms with E-state index in [-0.39, 0.29) is 24.8 Å². The minimum absolute atomic E-state index is 0.0828. The number of esters is 1. The lowest BCUT2D eigenvalue weighted by molar-refractivity contribution is -0.121. The number of anilines is 3. The first-order valence-electron chi connectivity index (χ1n) is 12.5. The number of hydrogen-bond donors (Lipinski definition) is 2. The Kier molecular flexibility index (Phi) is 8.11. The van der Waals surface area contributed by atoms with Crippen molar-refractivity contribution < 1.29 is 19.1 Å². The number of benzene rings is 2. The van der Waals surface area contributed by atoms with E-state index in [1.165, 1.54) is 28.0 Å². The van der Waals surface area contributed by atoms with Crippen molar-refractivity contribution in [3.8, 4) is 0 Å². The van der Waals surface area contributed by atoms with E-state index in [9.17, 15) is 14.4 Å². The van der Waals surface area contributed by atoms with Crippen LogP contribution in [0.4, 0.5) is 16.4 Å². The molecule has 10 heteroatoms. The summed E-state index contributed by atoms with van der Waals surface area (Å²) in [5.74, 6) is -1.03. The van der Waals surface area contributed by atoms with Crippen molar-refractivity contribution >= 4 is 74.6 Å². The van der Waals surface area contributed by atoms with Gasteiger partial charge in [0.15, 0.2) is 5.11 Å². The second-order valence-corrected chi connectivity index (χ2v) is 11.7. The van der Waals surface area contributed by atoms with E-state index in [0.29, 0.717) is 15.7 Å². The lowest BCUT2D eigenvalue weighted by Gasteiger charge is -2.16. The van der Waals surface area contributed by atoms with E-state index in [0.717, 1.165) is 52.4 Å². The van der Waals surface area contributed by atoms with Gasteiger partial charge in [0, 0.05) is 27.6 Å². The summed E-state index contributed by atoms with van der Waals surface area (Å²) >= 11 is 8.12. The summed E-state index contributed by atoms with van der Waals surface area (Å²) in [6.07, 6.45) is 3.71. The molecule has 1 saturated heterocycles. The number of aryl methyl sites for hydroxylation is 1. The SMILES string of the molecule is CCOC(=O)c1c(N2C(=O)CC(Sc3ccc(NC(=S)Nc4ccccc4)cc3)C2=O)sc2c1CCCC2. The molecule has 2 N–H and O–H groups in total. The molecule has 38 heavy (non-hydrogen) atoms. The molecule has 1 atom stereocenters. The molecular formula is C28H27N3O4S3. The van der Waals surface area contributed by atoms with Crippen molar-refractivity contribution in [1.29, 1.82) is 0 Å². The number of carbonyl (C=O) groups is 3. The average Bonchev–Trinajstić information content (AvgIpc) is 3.41. The number of nitrogens with zero attached hydrogens (tertiary/aromatic N) is 1. The monoisotopic (exact) mass is 565 g/mol. The summed E-state index contributed by atoms with van der Waals surface area (Å²) in [5.41, 5.74) is 3.04. The van der Waals surface area contributed by atoms with Gasteiger partial charge in [0.05, 0.1) is 17.4 Å². The third-order valence-electron chi connectivity index (χ3n) is 6.36. The summed E-state index contributed by atoms with van der Waals surface area (Å²) in [7, 11) is 0. The van der Waals surface area contributed by atoms with Gasteiger partial charge in [-0.25, -0.2) is 9.69 Å². The maximum Gasteiger partial charge on any atom is 0.341 e. The normalized spacial score (nSPS) is 16.8. The van der Waals surface area contributed by atoms with Crippen LogP contribution in [0.2, 0.25) is 0 Å². The maximum absolute atomic E-state index is 13.5. The number of ether oxygens (including phenoxy) is 1. The Morgan fingerprint density at radius 2 is 1.74 bits per heavy atom. The molecule has 2 heterocycles. The molecule has 2 aliphatic rings. The molecule has 2 amide bonds. The molecular weight excluding hydrogens is 539 g/mol. The van der Waals surface area contributed by atoms with Crippen LogP contribution in [0.15, 0.2) is 59.5 Å². The number of para-hydroxylation sites is 1. The molecule has 2 aromatic carbocycles. The minimum Gasteiger partial charge on any atom is -0.462 e. The number of nitrogens with one attached hydrogen (secondary N) is 2.